The summed E-state index contributed by atoms with van der Waals surface area (Å²) in [5.41, 5.74) is 8.57. The fraction of sp³-hybridized carbons (Fsp3) is 0.308. The van der Waals surface area contributed by atoms with Crippen LogP contribution in [0, 0.1) is 6.92 Å². The summed E-state index contributed by atoms with van der Waals surface area (Å²) >= 11 is 0. The fourth-order valence-electron chi connectivity index (χ4n) is 1.92. The molecule has 2 aromatic rings. The number of aryl methyl sites for hydroxylation is 1. The number of imidazole rings is 1. The van der Waals surface area contributed by atoms with Crippen molar-refractivity contribution in [1.29, 1.82) is 0 Å². The van der Waals surface area contributed by atoms with Crippen molar-refractivity contribution in [2.75, 3.05) is 20.0 Å². The molecule has 0 saturated carbocycles. The predicted octanol–water partition coefficient (Wildman–Crippen LogP) is 1.99. The molecule has 1 aromatic heterocycles. The standard InChI is InChI=1S/C13H17N3O2/c1-8-5-12(18-4)9(6-11(8)17-3)10-7-15-13(14)16(10)2/h5-7H,1-4H3,(H2,14,15). The Bertz CT molecular complexity index is 576. The molecule has 0 saturated heterocycles. The van der Waals surface area contributed by atoms with Crippen LogP contribution in [-0.4, -0.2) is 23.8 Å². The van der Waals surface area contributed by atoms with Crippen LogP contribution in [0.5, 0.6) is 11.5 Å². The van der Waals surface area contributed by atoms with Crippen molar-refractivity contribution in [3.8, 4) is 22.8 Å². The Morgan fingerprint density at radius 2 is 1.83 bits per heavy atom. The molecule has 18 heavy (non-hydrogen) atoms. The van der Waals surface area contributed by atoms with Gasteiger partial charge in [0.05, 0.1) is 26.1 Å². The van der Waals surface area contributed by atoms with Crippen molar-refractivity contribution in [2.24, 2.45) is 7.05 Å². The maximum atomic E-state index is 5.75. The van der Waals surface area contributed by atoms with E-state index in [0.717, 1.165) is 28.3 Å². The number of nitrogens with two attached hydrogens (primary N) is 1. The molecule has 5 nitrogen and oxygen atoms in total. The number of ether oxygens (including phenoxy) is 2. The summed E-state index contributed by atoms with van der Waals surface area (Å²) in [6.45, 7) is 1.97. The number of hydrogen-bond donors (Lipinski definition) is 1. The van der Waals surface area contributed by atoms with Gasteiger partial charge in [-0.15, -0.1) is 0 Å². The summed E-state index contributed by atoms with van der Waals surface area (Å²) in [5, 5.41) is 0. The predicted molar refractivity (Wildman–Crippen MR) is 70.9 cm³/mol. The molecule has 1 aromatic carbocycles. The molecular formula is C13H17N3O2. The van der Waals surface area contributed by atoms with Gasteiger partial charge in [0, 0.05) is 12.6 Å². The molecule has 0 fully saturated rings. The van der Waals surface area contributed by atoms with E-state index in [1.54, 1.807) is 20.4 Å². The summed E-state index contributed by atoms with van der Waals surface area (Å²) in [5.74, 6) is 2.05. The third-order valence-electron chi connectivity index (χ3n) is 3.02. The van der Waals surface area contributed by atoms with Crippen molar-refractivity contribution in [2.45, 2.75) is 6.92 Å². The Hall–Kier alpha value is -2.17. The molecule has 5 heteroatoms. The monoisotopic (exact) mass is 247 g/mol. The molecule has 0 aliphatic carbocycles. The molecule has 0 unspecified atom stereocenters. The molecule has 0 spiro atoms. The Kier molecular flexibility index (Phi) is 3.14. The largest absolute Gasteiger partial charge is 0.496 e. The summed E-state index contributed by atoms with van der Waals surface area (Å²) in [7, 11) is 5.16. The van der Waals surface area contributed by atoms with Gasteiger partial charge in [0.1, 0.15) is 11.5 Å². The first-order valence-electron chi connectivity index (χ1n) is 5.58. The molecule has 0 amide bonds. The van der Waals surface area contributed by atoms with Gasteiger partial charge in [0.2, 0.25) is 0 Å². The second-order valence-corrected chi connectivity index (χ2v) is 4.08. The highest BCUT2D eigenvalue weighted by atomic mass is 16.5. The molecule has 0 aliphatic rings. The molecule has 2 N–H and O–H groups in total. The molecule has 0 aliphatic heterocycles. The van der Waals surface area contributed by atoms with Gasteiger partial charge in [0.15, 0.2) is 5.95 Å². The molecule has 2 rings (SSSR count). The van der Waals surface area contributed by atoms with E-state index >= 15 is 0 Å². The van der Waals surface area contributed by atoms with Crippen molar-refractivity contribution in [3.05, 3.63) is 23.9 Å². The highest BCUT2D eigenvalue weighted by molar-refractivity contribution is 5.71. The van der Waals surface area contributed by atoms with E-state index in [2.05, 4.69) is 4.98 Å². The zero-order valence-corrected chi connectivity index (χ0v) is 11.0. The third kappa shape index (κ3) is 1.88. The van der Waals surface area contributed by atoms with Crippen LogP contribution in [0.1, 0.15) is 5.56 Å². The third-order valence-corrected chi connectivity index (χ3v) is 3.02. The SMILES string of the molecule is COc1cc(-c2cnc(N)n2C)c(OC)cc1C. The number of hydrogen-bond acceptors (Lipinski definition) is 4. The van der Waals surface area contributed by atoms with Crippen LogP contribution in [0.25, 0.3) is 11.3 Å². The second kappa shape index (κ2) is 4.60. The summed E-state index contributed by atoms with van der Waals surface area (Å²) < 4.78 is 12.6. The quantitative estimate of drug-likeness (QED) is 0.901. The maximum Gasteiger partial charge on any atom is 0.200 e. The van der Waals surface area contributed by atoms with Crippen molar-refractivity contribution in [1.82, 2.24) is 9.55 Å². The smallest absolute Gasteiger partial charge is 0.200 e. The first-order chi connectivity index (χ1) is 8.58. The van der Waals surface area contributed by atoms with E-state index in [9.17, 15) is 0 Å². The average Bonchev–Trinajstić information content (AvgIpc) is 2.70. The lowest BCUT2D eigenvalue weighted by Crippen LogP contribution is -2.00. The van der Waals surface area contributed by atoms with Crippen LogP contribution in [0.3, 0.4) is 0 Å². The molecular weight excluding hydrogens is 230 g/mol. The lowest BCUT2D eigenvalue weighted by atomic mass is 10.1. The fourth-order valence-corrected chi connectivity index (χ4v) is 1.92. The van der Waals surface area contributed by atoms with Gasteiger partial charge >= 0.3 is 0 Å². The normalized spacial score (nSPS) is 10.4. The Balaban J connectivity index is 2.65. The van der Waals surface area contributed by atoms with Crippen molar-refractivity contribution < 1.29 is 9.47 Å². The molecule has 0 bridgehead atoms. The average molecular weight is 247 g/mol. The molecule has 96 valence electrons. The Labute approximate surface area is 106 Å². The van der Waals surface area contributed by atoms with Gasteiger partial charge in [-0.1, -0.05) is 0 Å². The van der Waals surface area contributed by atoms with E-state index < -0.39 is 0 Å². The number of aromatic nitrogens is 2. The topological polar surface area (TPSA) is 62.3 Å². The van der Waals surface area contributed by atoms with Crippen LogP contribution < -0.4 is 15.2 Å². The van der Waals surface area contributed by atoms with Crippen molar-refractivity contribution in [3.63, 3.8) is 0 Å². The van der Waals surface area contributed by atoms with Crippen LogP contribution in [0.2, 0.25) is 0 Å². The number of nitrogen functional groups attached to an aromatic ring is 1. The number of benzene rings is 1. The number of methoxy groups -OCH3 is 2. The summed E-state index contributed by atoms with van der Waals surface area (Å²) in [6.07, 6.45) is 1.72. The van der Waals surface area contributed by atoms with Gasteiger partial charge < -0.3 is 19.8 Å². The van der Waals surface area contributed by atoms with Gasteiger partial charge in [-0.05, 0) is 24.6 Å². The van der Waals surface area contributed by atoms with Gasteiger partial charge in [-0.2, -0.15) is 0 Å². The highest BCUT2D eigenvalue weighted by Crippen LogP contribution is 2.36. The second-order valence-electron chi connectivity index (χ2n) is 4.08. The minimum Gasteiger partial charge on any atom is -0.496 e. The highest BCUT2D eigenvalue weighted by Gasteiger charge is 2.14. The van der Waals surface area contributed by atoms with E-state index in [1.165, 1.54) is 0 Å². The Morgan fingerprint density at radius 1 is 1.17 bits per heavy atom. The zero-order chi connectivity index (χ0) is 13.3. The zero-order valence-electron chi connectivity index (χ0n) is 11.0. The lowest BCUT2D eigenvalue weighted by molar-refractivity contribution is 0.401. The molecule has 0 radical (unpaired) electrons. The van der Waals surface area contributed by atoms with Crippen LogP contribution in [0.4, 0.5) is 5.95 Å². The van der Waals surface area contributed by atoms with Crippen LogP contribution in [-0.2, 0) is 7.05 Å². The van der Waals surface area contributed by atoms with E-state index in [0.29, 0.717) is 5.95 Å². The minimum absolute atomic E-state index is 0.464. The van der Waals surface area contributed by atoms with Crippen molar-refractivity contribution >= 4 is 5.95 Å². The van der Waals surface area contributed by atoms with Crippen LogP contribution >= 0.6 is 0 Å². The molecule has 0 atom stereocenters. The lowest BCUT2D eigenvalue weighted by Gasteiger charge is -2.13. The van der Waals surface area contributed by atoms with E-state index in [4.69, 9.17) is 15.2 Å². The number of nitrogens with zero attached hydrogens (tertiary/aromatic N) is 2. The minimum atomic E-state index is 0.464. The maximum absolute atomic E-state index is 5.75. The number of anilines is 1. The number of rotatable bonds is 3. The van der Waals surface area contributed by atoms with E-state index in [1.807, 2.05) is 30.7 Å². The first kappa shape index (κ1) is 12.3. The summed E-state index contributed by atoms with van der Waals surface area (Å²) in [4.78, 5) is 4.09. The van der Waals surface area contributed by atoms with Gasteiger partial charge in [-0.3, -0.25) is 0 Å². The van der Waals surface area contributed by atoms with Gasteiger partial charge in [-0.25, -0.2) is 4.98 Å². The summed E-state index contributed by atoms with van der Waals surface area (Å²) in [6, 6.07) is 3.88. The first-order valence-corrected chi connectivity index (χ1v) is 5.58. The molecule has 1 heterocycles. The van der Waals surface area contributed by atoms with Gasteiger partial charge in [0.25, 0.3) is 0 Å². The van der Waals surface area contributed by atoms with Crippen LogP contribution in [0.15, 0.2) is 18.3 Å². The Morgan fingerprint density at radius 3 is 2.33 bits per heavy atom. The van der Waals surface area contributed by atoms with E-state index in [-0.39, 0.29) is 0 Å².